The number of hydrogen-bond acceptors (Lipinski definition) is 6. The first-order valence-corrected chi connectivity index (χ1v) is 18.1. The maximum Gasteiger partial charge on any atom is 0.418 e. The third-order valence-electron chi connectivity index (χ3n) is 10.6. The van der Waals surface area contributed by atoms with E-state index >= 15 is 0 Å². The van der Waals surface area contributed by atoms with Crippen LogP contribution in [-0.2, 0) is 28.6 Å². The van der Waals surface area contributed by atoms with Crippen molar-refractivity contribution in [2.45, 2.75) is 63.2 Å². The van der Waals surface area contributed by atoms with Gasteiger partial charge in [-0.05, 0) is 96.9 Å². The van der Waals surface area contributed by atoms with E-state index in [1.165, 1.54) is 6.07 Å². The summed E-state index contributed by atoms with van der Waals surface area (Å²) in [5, 5.41) is 6.40. The summed E-state index contributed by atoms with van der Waals surface area (Å²) in [5.74, 6) is -1.25. The van der Waals surface area contributed by atoms with Crippen LogP contribution in [-0.4, -0.2) is 108 Å². The largest absolute Gasteiger partial charge is 0.418 e. The fourth-order valence-corrected chi connectivity index (χ4v) is 8.31. The lowest BCUT2D eigenvalue weighted by molar-refractivity contribution is -0.143. The zero-order valence-corrected chi connectivity index (χ0v) is 29.2. The van der Waals surface area contributed by atoms with Gasteiger partial charge < -0.3 is 31.1 Å². The van der Waals surface area contributed by atoms with Gasteiger partial charge in [-0.3, -0.25) is 14.5 Å². The Hall–Kier alpha value is -3.36. The number of nitrogens with one attached hydrogen (secondary N) is 2. The van der Waals surface area contributed by atoms with Gasteiger partial charge in [0, 0.05) is 74.5 Å². The smallest absolute Gasteiger partial charge is 0.397 e. The van der Waals surface area contributed by atoms with E-state index in [9.17, 15) is 27.6 Å². The van der Waals surface area contributed by atoms with Crippen LogP contribution in [0.15, 0.2) is 40.9 Å². The molecule has 4 amide bonds. The van der Waals surface area contributed by atoms with E-state index < -0.39 is 23.3 Å². The van der Waals surface area contributed by atoms with Gasteiger partial charge in [-0.15, -0.1) is 0 Å². The molecule has 0 bridgehead atoms. The van der Waals surface area contributed by atoms with Gasteiger partial charge in [-0.25, -0.2) is 4.79 Å². The van der Waals surface area contributed by atoms with Gasteiger partial charge >= 0.3 is 12.2 Å². The Kier molecular flexibility index (Phi) is 11.0. The molecule has 2 aromatic carbocycles. The highest BCUT2D eigenvalue weighted by atomic mass is 79.9. The lowest BCUT2D eigenvalue weighted by Gasteiger charge is -2.42. The van der Waals surface area contributed by atoms with Crippen molar-refractivity contribution in [1.29, 1.82) is 0 Å². The maximum atomic E-state index is 14.1. The molecule has 2 aromatic rings. The van der Waals surface area contributed by atoms with Gasteiger partial charge in [-0.2, -0.15) is 13.2 Å². The van der Waals surface area contributed by atoms with Crippen LogP contribution in [0.1, 0.15) is 48.8 Å². The first kappa shape index (κ1) is 35.5. The van der Waals surface area contributed by atoms with Crippen molar-refractivity contribution in [2.75, 3.05) is 70.0 Å². The Labute approximate surface area is 293 Å². The highest BCUT2D eigenvalue weighted by Crippen LogP contribution is 2.39. The number of carbonyl (C=O) groups is 3. The average Bonchev–Trinajstić information content (AvgIpc) is 3.27. The molecule has 4 N–H and O–H groups in total. The fraction of sp³-hybridized carbons (Fsp3) is 0.571. The van der Waals surface area contributed by atoms with Crippen LogP contribution >= 0.6 is 15.9 Å². The zero-order chi connectivity index (χ0) is 34.7. The van der Waals surface area contributed by atoms with Crippen molar-refractivity contribution in [1.82, 2.24) is 24.9 Å². The Balaban J connectivity index is 1.12. The summed E-state index contributed by atoms with van der Waals surface area (Å²) in [6, 6.07) is 10.6. The first-order chi connectivity index (χ1) is 23.5. The zero-order valence-electron chi connectivity index (χ0n) is 27.6. The molecular formula is C35H45BrF3N7O3. The molecule has 266 valence electrons. The van der Waals surface area contributed by atoms with E-state index in [4.69, 9.17) is 5.73 Å². The van der Waals surface area contributed by atoms with Gasteiger partial charge in [0.05, 0.1) is 17.2 Å². The number of benzene rings is 2. The fourth-order valence-electron chi connectivity index (χ4n) is 7.80. The first-order valence-electron chi connectivity index (χ1n) is 17.3. The number of carbonyl (C=O) groups excluding carboxylic acids is 3. The van der Waals surface area contributed by atoms with E-state index in [-0.39, 0.29) is 41.2 Å². The number of anilines is 2. The molecular weight excluding hydrogens is 703 g/mol. The molecule has 14 heteroatoms. The molecule has 3 saturated heterocycles. The second-order valence-electron chi connectivity index (χ2n) is 13.6. The topological polar surface area (TPSA) is 114 Å². The monoisotopic (exact) mass is 747 g/mol. The molecule has 4 aliphatic rings. The molecule has 4 heterocycles. The number of hydrogen-bond donors (Lipinski definition) is 3. The second kappa shape index (κ2) is 15.3. The van der Waals surface area contributed by atoms with Gasteiger partial charge in [0.1, 0.15) is 0 Å². The number of alkyl halides is 3. The van der Waals surface area contributed by atoms with Crippen molar-refractivity contribution in [2.24, 2.45) is 5.92 Å². The molecule has 1 atom stereocenters. The Bertz CT molecular complexity index is 1520. The molecule has 0 aliphatic carbocycles. The molecule has 0 spiro atoms. The number of piperidine rings is 2. The van der Waals surface area contributed by atoms with Crippen LogP contribution in [0.25, 0.3) is 0 Å². The number of rotatable bonds is 7. The lowest BCUT2D eigenvalue weighted by Crippen LogP contribution is -2.55. The second-order valence-corrected chi connectivity index (χ2v) is 14.5. The normalized spacial score (nSPS) is 20.8. The summed E-state index contributed by atoms with van der Waals surface area (Å²) in [6.45, 7) is 5.88. The number of nitrogens with two attached hydrogens (primary N) is 1. The number of amides is 4. The molecule has 0 radical (unpaired) electrons. The molecule has 6 rings (SSSR count). The van der Waals surface area contributed by atoms with Gasteiger partial charge in [-0.1, -0.05) is 18.2 Å². The number of urea groups is 1. The van der Waals surface area contributed by atoms with E-state index in [1.807, 2.05) is 29.2 Å². The summed E-state index contributed by atoms with van der Waals surface area (Å²) >= 11 is 3.17. The summed E-state index contributed by atoms with van der Waals surface area (Å²) in [5.41, 5.74) is 6.59. The number of para-hydroxylation sites is 1. The summed E-state index contributed by atoms with van der Waals surface area (Å²) in [4.78, 5) is 48.7. The SMILES string of the molecule is Nc1c(Br)cc(C[C@@H](CC(=O)N2CCC(N3CCc4ccccc4NC3=O)CC2)C(=O)N2CCN(C3CCNCC3)CC2)cc1C(F)(F)F. The van der Waals surface area contributed by atoms with E-state index in [0.29, 0.717) is 57.2 Å². The maximum absolute atomic E-state index is 14.1. The molecule has 3 fully saturated rings. The minimum absolute atomic E-state index is 0.0218. The van der Waals surface area contributed by atoms with Crippen molar-refractivity contribution < 1.29 is 27.6 Å². The summed E-state index contributed by atoms with van der Waals surface area (Å²) in [6.07, 6.45) is -0.732. The van der Waals surface area contributed by atoms with Crippen LogP contribution in [0, 0.1) is 5.92 Å². The van der Waals surface area contributed by atoms with Crippen LogP contribution in [0.2, 0.25) is 0 Å². The molecule has 0 aromatic heterocycles. The van der Waals surface area contributed by atoms with Crippen molar-refractivity contribution >= 4 is 45.2 Å². The number of nitrogens with zero attached hydrogens (tertiary/aromatic N) is 4. The molecule has 0 unspecified atom stereocenters. The average molecular weight is 749 g/mol. The molecule has 10 nitrogen and oxygen atoms in total. The van der Waals surface area contributed by atoms with Crippen LogP contribution in [0.5, 0.6) is 0 Å². The summed E-state index contributed by atoms with van der Waals surface area (Å²) < 4.78 is 41.6. The highest BCUT2D eigenvalue weighted by molar-refractivity contribution is 9.10. The van der Waals surface area contributed by atoms with Gasteiger partial charge in [0.2, 0.25) is 11.8 Å². The number of likely N-dealkylation sites (tertiary alicyclic amines) is 1. The Morgan fingerprint density at radius 2 is 1.61 bits per heavy atom. The van der Waals surface area contributed by atoms with Crippen LogP contribution in [0.3, 0.4) is 0 Å². The number of fused-ring (bicyclic) bond motifs is 1. The standard InChI is InChI=1S/C35H45BrF3N7O3/c36-29-21-23(20-28(32(29)40)35(37,38)39)19-25(33(48)45-17-15-43(16-18-45)26-5-10-41-11-6-26)22-31(47)44-12-8-27(9-13-44)46-14-7-24-3-1-2-4-30(24)42-34(46)49/h1-4,20-21,25-27,41H,5-19,22,40H2,(H,42,49)/t25-/m0/s1. The third kappa shape index (κ3) is 8.34. The highest BCUT2D eigenvalue weighted by Gasteiger charge is 2.37. The lowest BCUT2D eigenvalue weighted by atomic mass is 9.91. The number of nitrogen functional groups attached to an aromatic ring is 1. The van der Waals surface area contributed by atoms with Crippen molar-refractivity contribution in [3.63, 3.8) is 0 Å². The Morgan fingerprint density at radius 3 is 2.31 bits per heavy atom. The van der Waals surface area contributed by atoms with Gasteiger partial charge in [0.15, 0.2) is 0 Å². The molecule has 49 heavy (non-hydrogen) atoms. The van der Waals surface area contributed by atoms with Crippen LogP contribution < -0.4 is 16.4 Å². The number of piperazine rings is 1. The van der Waals surface area contributed by atoms with E-state index in [2.05, 4.69) is 31.5 Å². The molecule has 4 aliphatic heterocycles. The molecule has 0 saturated carbocycles. The number of halogens is 4. The van der Waals surface area contributed by atoms with E-state index in [0.717, 1.165) is 62.8 Å². The minimum Gasteiger partial charge on any atom is -0.397 e. The quantitative estimate of drug-likeness (QED) is 0.358. The van der Waals surface area contributed by atoms with Crippen molar-refractivity contribution in [3.05, 3.63) is 57.6 Å². The third-order valence-corrected chi connectivity index (χ3v) is 11.3. The Morgan fingerprint density at radius 1 is 0.918 bits per heavy atom. The van der Waals surface area contributed by atoms with Gasteiger partial charge in [0.25, 0.3) is 0 Å². The van der Waals surface area contributed by atoms with E-state index in [1.54, 1.807) is 9.80 Å². The minimum atomic E-state index is -4.67. The van der Waals surface area contributed by atoms with Crippen molar-refractivity contribution in [3.8, 4) is 0 Å². The van der Waals surface area contributed by atoms with Crippen LogP contribution in [0.4, 0.5) is 29.3 Å². The predicted molar refractivity (Wildman–Crippen MR) is 185 cm³/mol. The predicted octanol–water partition coefficient (Wildman–Crippen LogP) is 4.58. The summed E-state index contributed by atoms with van der Waals surface area (Å²) in [7, 11) is 0.